The van der Waals surface area contributed by atoms with E-state index in [1.165, 1.54) is 11.1 Å². The van der Waals surface area contributed by atoms with Crippen LogP contribution in [0.15, 0.2) is 18.2 Å². The van der Waals surface area contributed by atoms with E-state index >= 15 is 0 Å². The third kappa shape index (κ3) is 3.17. The zero-order chi connectivity index (χ0) is 19.9. The molecule has 1 saturated heterocycles. The summed E-state index contributed by atoms with van der Waals surface area (Å²) in [6.45, 7) is 5.66. The Labute approximate surface area is 168 Å². The highest BCUT2D eigenvalue weighted by atomic mass is 16.7. The maximum atomic E-state index is 10.9. The van der Waals surface area contributed by atoms with Crippen LogP contribution in [-0.4, -0.2) is 49.0 Å². The van der Waals surface area contributed by atoms with Gasteiger partial charge in [0.05, 0.1) is 33.0 Å². The van der Waals surface area contributed by atoms with E-state index in [0.29, 0.717) is 13.2 Å². The SMILES string of the molecule is COc1ccc(C)c(CC[C@@H]2[C@@H](O)CC[C@]3(C)C(CO)C4(C[C@@H]23)OCCO4)c1. The molecule has 28 heavy (non-hydrogen) atoms. The van der Waals surface area contributed by atoms with Gasteiger partial charge in [-0.15, -0.1) is 0 Å². The fraction of sp³-hybridized carbons (Fsp3) is 0.739. The zero-order valence-electron chi connectivity index (χ0n) is 17.3. The highest BCUT2D eigenvalue weighted by molar-refractivity contribution is 5.35. The highest BCUT2D eigenvalue weighted by Gasteiger charge is 2.65. The zero-order valence-corrected chi connectivity index (χ0v) is 17.3. The van der Waals surface area contributed by atoms with E-state index in [2.05, 4.69) is 26.0 Å². The van der Waals surface area contributed by atoms with Crippen LogP contribution in [0.3, 0.4) is 0 Å². The number of aliphatic hydroxyl groups is 2. The standard InChI is InChI=1S/C23H34O5/c1-15-4-6-17(26-3)12-16(15)5-7-18-19-13-23(27-10-11-28-23)21(14-24)22(19,2)9-8-20(18)25/h4,6,12,18-21,24-25H,5,7-11,13-14H2,1-3H3/t18-,19-,20-,21?,22-/m0/s1. The van der Waals surface area contributed by atoms with E-state index in [1.807, 2.05) is 6.07 Å². The third-order valence-electron chi connectivity index (χ3n) is 7.93. The lowest BCUT2D eigenvalue weighted by molar-refractivity contribution is -0.202. The summed E-state index contributed by atoms with van der Waals surface area (Å²) < 4.78 is 17.5. The van der Waals surface area contributed by atoms with Crippen LogP contribution < -0.4 is 4.74 Å². The van der Waals surface area contributed by atoms with Crippen molar-refractivity contribution < 1.29 is 24.4 Å². The van der Waals surface area contributed by atoms with Crippen molar-refractivity contribution in [3.05, 3.63) is 29.3 Å². The molecule has 4 rings (SSSR count). The molecule has 2 saturated carbocycles. The van der Waals surface area contributed by atoms with E-state index in [0.717, 1.165) is 37.9 Å². The molecule has 3 fully saturated rings. The normalized spacial score (nSPS) is 36.6. The van der Waals surface area contributed by atoms with Gasteiger partial charge >= 0.3 is 0 Å². The predicted molar refractivity (Wildman–Crippen MR) is 106 cm³/mol. The second-order valence-electron chi connectivity index (χ2n) is 9.16. The first kappa shape index (κ1) is 20.1. The Morgan fingerprint density at radius 2 is 2.00 bits per heavy atom. The molecule has 0 bridgehead atoms. The Kier molecular flexibility index (Phi) is 5.47. The molecule has 1 heterocycles. The van der Waals surface area contributed by atoms with E-state index in [1.54, 1.807) is 7.11 Å². The second-order valence-corrected chi connectivity index (χ2v) is 9.16. The molecule has 1 unspecified atom stereocenters. The summed E-state index contributed by atoms with van der Waals surface area (Å²) in [5.74, 6) is 0.661. The van der Waals surface area contributed by atoms with Crippen molar-refractivity contribution >= 4 is 0 Å². The molecule has 2 N–H and O–H groups in total. The quantitative estimate of drug-likeness (QED) is 0.809. The minimum Gasteiger partial charge on any atom is -0.497 e. The van der Waals surface area contributed by atoms with Crippen LogP contribution in [0.1, 0.15) is 43.7 Å². The molecule has 5 nitrogen and oxygen atoms in total. The number of ether oxygens (including phenoxy) is 3. The molecule has 3 aliphatic rings. The molecule has 1 aromatic rings. The number of aliphatic hydroxyl groups excluding tert-OH is 2. The fourth-order valence-electron chi connectivity index (χ4n) is 6.28. The molecule has 0 radical (unpaired) electrons. The van der Waals surface area contributed by atoms with Gasteiger partial charge in [-0.05, 0) is 73.1 Å². The molecule has 1 aliphatic heterocycles. The molecule has 1 aromatic carbocycles. The van der Waals surface area contributed by atoms with Crippen molar-refractivity contribution in [3.8, 4) is 5.75 Å². The van der Waals surface area contributed by atoms with Crippen molar-refractivity contribution in [1.82, 2.24) is 0 Å². The van der Waals surface area contributed by atoms with Gasteiger partial charge in [-0.25, -0.2) is 0 Å². The summed E-state index contributed by atoms with van der Waals surface area (Å²) in [5.41, 5.74) is 2.47. The number of aryl methyl sites for hydroxylation is 2. The average molecular weight is 391 g/mol. The summed E-state index contributed by atoms with van der Waals surface area (Å²) in [4.78, 5) is 0. The smallest absolute Gasteiger partial charge is 0.174 e. The first-order chi connectivity index (χ1) is 13.4. The van der Waals surface area contributed by atoms with E-state index < -0.39 is 5.79 Å². The number of fused-ring (bicyclic) bond motifs is 1. The first-order valence-electron chi connectivity index (χ1n) is 10.6. The minimum atomic E-state index is -0.664. The highest BCUT2D eigenvalue weighted by Crippen LogP contribution is 2.63. The summed E-state index contributed by atoms with van der Waals surface area (Å²) >= 11 is 0. The Morgan fingerprint density at radius 3 is 2.68 bits per heavy atom. The van der Waals surface area contributed by atoms with Crippen molar-refractivity contribution in [2.45, 2.75) is 57.8 Å². The van der Waals surface area contributed by atoms with E-state index in [-0.39, 0.29) is 35.9 Å². The van der Waals surface area contributed by atoms with Crippen LogP contribution >= 0.6 is 0 Å². The van der Waals surface area contributed by atoms with Crippen molar-refractivity contribution in [1.29, 1.82) is 0 Å². The third-order valence-corrected chi connectivity index (χ3v) is 7.93. The first-order valence-corrected chi connectivity index (χ1v) is 10.6. The monoisotopic (exact) mass is 390 g/mol. The second kappa shape index (κ2) is 7.60. The molecule has 0 aromatic heterocycles. The molecule has 0 amide bonds. The number of rotatable bonds is 5. The van der Waals surface area contributed by atoms with Gasteiger partial charge in [-0.1, -0.05) is 13.0 Å². The molecular weight excluding hydrogens is 356 g/mol. The van der Waals surface area contributed by atoms with Crippen LogP contribution in [0.5, 0.6) is 5.75 Å². The molecule has 5 atom stereocenters. The van der Waals surface area contributed by atoms with Crippen molar-refractivity contribution in [2.75, 3.05) is 26.9 Å². The minimum absolute atomic E-state index is 0.0268. The van der Waals surface area contributed by atoms with E-state index in [4.69, 9.17) is 14.2 Å². The van der Waals surface area contributed by atoms with Crippen molar-refractivity contribution in [3.63, 3.8) is 0 Å². The summed E-state index contributed by atoms with van der Waals surface area (Å²) in [6, 6.07) is 6.20. The molecule has 5 heteroatoms. The number of hydrogen-bond acceptors (Lipinski definition) is 5. The Balaban J connectivity index is 1.57. The molecular formula is C23H34O5. The Hall–Kier alpha value is -1.14. The average Bonchev–Trinajstić information content (AvgIpc) is 3.25. The lowest BCUT2D eigenvalue weighted by Crippen LogP contribution is -2.47. The summed E-state index contributed by atoms with van der Waals surface area (Å²) in [5, 5.41) is 21.1. The summed E-state index contributed by atoms with van der Waals surface area (Å²) in [6.07, 6.45) is 3.99. The summed E-state index contributed by atoms with van der Waals surface area (Å²) in [7, 11) is 1.69. The predicted octanol–water partition coefficient (Wildman–Crippen LogP) is 3.08. The van der Waals surface area contributed by atoms with Crippen LogP contribution in [0, 0.1) is 30.1 Å². The van der Waals surface area contributed by atoms with Gasteiger partial charge < -0.3 is 24.4 Å². The van der Waals surface area contributed by atoms with Gasteiger partial charge in [-0.3, -0.25) is 0 Å². The van der Waals surface area contributed by atoms with Gasteiger partial charge in [0.15, 0.2) is 5.79 Å². The lowest BCUT2D eigenvalue weighted by atomic mass is 9.59. The van der Waals surface area contributed by atoms with Gasteiger partial charge in [0.1, 0.15) is 5.75 Å². The van der Waals surface area contributed by atoms with Crippen LogP contribution in [0.4, 0.5) is 0 Å². The van der Waals surface area contributed by atoms with Gasteiger partial charge in [-0.2, -0.15) is 0 Å². The lowest BCUT2D eigenvalue weighted by Gasteiger charge is -2.47. The number of hydrogen-bond donors (Lipinski definition) is 2. The van der Waals surface area contributed by atoms with Gasteiger partial charge in [0.2, 0.25) is 0 Å². The van der Waals surface area contributed by atoms with Crippen molar-refractivity contribution in [2.24, 2.45) is 23.2 Å². The van der Waals surface area contributed by atoms with Crippen LogP contribution in [0.2, 0.25) is 0 Å². The maximum Gasteiger partial charge on any atom is 0.174 e. The largest absolute Gasteiger partial charge is 0.497 e. The van der Waals surface area contributed by atoms with Crippen LogP contribution in [-0.2, 0) is 15.9 Å². The Bertz CT molecular complexity index is 698. The Morgan fingerprint density at radius 1 is 1.25 bits per heavy atom. The number of benzene rings is 1. The topological polar surface area (TPSA) is 68.2 Å². The van der Waals surface area contributed by atoms with Gasteiger partial charge in [0.25, 0.3) is 0 Å². The van der Waals surface area contributed by atoms with E-state index in [9.17, 15) is 10.2 Å². The van der Waals surface area contributed by atoms with Gasteiger partial charge in [0, 0.05) is 12.3 Å². The maximum absolute atomic E-state index is 10.9. The molecule has 156 valence electrons. The fourth-order valence-corrected chi connectivity index (χ4v) is 6.28. The number of methoxy groups -OCH3 is 1. The molecule has 2 aliphatic carbocycles. The van der Waals surface area contributed by atoms with Crippen LogP contribution in [0.25, 0.3) is 0 Å². The molecule has 1 spiro atoms.